The summed E-state index contributed by atoms with van der Waals surface area (Å²) in [7, 11) is 0. The molecule has 0 aliphatic heterocycles. The highest BCUT2D eigenvalue weighted by Gasteiger charge is 2.39. The van der Waals surface area contributed by atoms with Gasteiger partial charge in [-0.2, -0.15) is 5.10 Å². The first-order chi connectivity index (χ1) is 18.0. The van der Waals surface area contributed by atoms with Crippen LogP contribution in [0.15, 0.2) is 113 Å². The van der Waals surface area contributed by atoms with Gasteiger partial charge in [0.05, 0.1) is 12.8 Å². The first-order valence-electron chi connectivity index (χ1n) is 11.8. The molecule has 0 radical (unpaired) electrons. The molecule has 0 fully saturated rings. The van der Waals surface area contributed by atoms with Crippen molar-refractivity contribution < 1.29 is 19.4 Å². The zero-order chi connectivity index (χ0) is 26.1. The van der Waals surface area contributed by atoms with Gasteiger partial charge in [0.15, 0.2) is 17.1 Å². The molecule has 0 saturated heterocycles. The van der Waals surface area contributed by atoms with Crippen LogP contribution in [0.3, 0.4) is 0 Å². The maximum atomic E-state index is 13.3. The van der Waals surface area contributed by atoms with Crippen molar-refractivity contribution in [2.45, 2.75) is 19.1 Å². The van der Waals surface area contributed by atoms with E-state index in [2.05, 4.69) is 26.5 Å². The standard InChI is InChI=1S/C30H27BrN2O4/c1-2-36-27-18-23(26(31)19-28(27)37-21-22-12-6-3-7-13-22)20-32-33-29(34)30(35,24-14-8-4-9-15-24)25-16-10-5-11-17-25/h3-20,35H,2,21H2,1H3,(H,33,34)/b32-20-. The number of amides is 1. The number of hydrogen-bond donors (Lipinski definition) is 2. The fraction of sp³-hybridized carbons (Fsp3) is 0.133. The number of carbonyl (C=O) groups excluding carboxylic acids is 1. The number of nitrogens with one attached hydrogen (secondary N) is 1. The van der Waals surface area contributed by atoms with Gasteiger partial charge in [0, 0.05) is 10.0 Å². The molecule has 0 aromatic heterocycles. The van der Waals surface area contributed by atoms with E-state index in [1.807, 2.05) is 49.4 Å². The molecule has 0 spiro atoms. The second kappa shape index (κ2) is 12.3. The molecule has 4 rings (SSSR count). The van der Waals surface area contributed by atoms with Gasteiger partial charge in [0.25, 0.3) is 5.91 Å². The molecule has 7 heteroatoms. The predicted octanol–water partition coefficient (Wildman–Crippen LogP) is 5.81. The van der Waals surface area contributed by atoms with E-state index in [0.717, 1.165) is 5.56 Å². The highest BCUT2D eigenvalue weighted by atomic mass is 79.9. The van der Waals surface area contributed by atoms with Crippen LogP contribution >= 0.6 is 15.9 Å². The molecule has 2 N–H and O–H groups in total. The first-order valence-corrected chi connectivity index (χ1v) is 12.6. The lowest BCUT2D eigenvalue weighted by molar-refractivity contribution is -0.136. The Balaban J connectivity index is 1.54. The Hall–Kier alpha value is -3.94. The molecule has 0 saturated carbocycles. The molecule has 1 amide bonds. The molecular weight excluding hydrogens is 532 g/mol. The average molecular weight is 559 g/mol. The summed E-state index contributed by atoms with van der Waals surface area (Å²) in [4.78, 5) is 13.3. The van der Waals surface area contributed by atoms with Gasteiger partial charge in [0.2, 0.25) is 0 Å². The maximum absolute atomic E-state index is 13.3. The Kier molecular flexibility index (Phi) is 8.72. The van der Waals surface area contributed by atoms with E-state index >= 15 is 0 Å². The minimum atomic E-state index is -1.91. The van der Waals surface area contributed by atoms with Crippen molar-refractivity contribution in [3.05, 3.63) is 130 Å². The molecule has 0 unspecified atom stereocenters. The van der Waals surface area contributed by atoms with E-state index in [-0.39, 0.29) is 0 Å². The number of rotatable bonds is 10. The third kappa shape index (κ3) is 6.25. The Morgan fingerprint density at radius 2 is 1.43 bits per heavy atom. The summed E-state index contributed by atoms with van der Waals surface area (Å²) in [6.45, 7) is 2.75. The monoisotopic (exact) mass is 558 g/mol. The van der Waals surface area contributed by atoms with Crippen molar-refractivity contribution in [2.75, 3.05) is 6.61 Å². The summed E-state index contributed by atoms with van der Waals surface area (Å²) >= 11 is 3.55. The van der Waals surface area contributed by atoms with E-state index in [9.17, 15) is 9.90 Å². The summed E-state index contributed by atoms with van der Waals surface area (Å²) in [6, 6.07) is 31.0. The average Bonchev–Trinajstić information content (AvgIpc) is 2.94. The van der Waals surface area contributed by atoms with Crippen molar-refractivity contribution in [3.8, 4) is 11.5 Å². The SMILES string of the molecule is CCOc1cc(/C=N\NC(=O)C(O)(c2ccccc2)c2ccccc2)c(Br)cc1OCc1ccccc1. The Labute approximate surface area is 224 Å². The van der Waals surface area contributed by atoms with Crippen molar-refractivity contribution in [3.63, 3.8) is 0 Å². The number of aliphatic hydroxyl groups is 1. The highest BCUT2D eigenvalue weighted by molar-refractivity contribution is 9.10. The van der Waals surface area contributed by atoms with Crippen molar-refractivity contribution >= 4 is 28.1 Å². The summed E-state index contributed by atoms with van der Waals surface area (Å²) in [5.41, 5.74) is 3.17. The molecule has 4 aromatic rings. The van der Waals surface area contributed by atoms with Gasteiger partial charge in [-0.1, -0.05) is 91.0 Å². The smallest absolute Gasteiger partial charge is 0.281 e. The molecule has 6 nitrogen and oxygen atoms in total. The molecular formula is C30H27BrN2O4. The zero-order valence-corrected chi connectivity index (χ0v) is 21.9. The van der Waals surface area contributed by atoms with Crippen LogP contribution in [-0.2, 0) is 17.0 Å². The number of hydrazone groups is 1. The van der Waals surface area contributed by atoms with E-state index in [0.29, 0.717) is 45.9 Å². The van der Waals surface area contributed by atoms with Crippen LogP contribution in [-0.4, -0.2) is 23.8 Å². The fourth-order valence-electron chi connectivity index (χ4n) is 3.80. The fourth-order valence-corrected chi connectivity index (χ4v) is 4.22. The zero-order valence-electron chi connectivity index (χ0n) is 20.3. The number of nitrogens with zero attached hydrogens (tertiary/aromatic N) is 1. The molecule has 0 atom stereocenters. The van der Waals surface area contributed by atoms with E-state index in [1.165, 1.54) is 6.21 Å². The summed E-state index contributed by atoms with van der Waals surface area (Å²) in [5, 5.41) is 15.7. The molecule has 0 aliphatic rings. The van der Waals surface area contributed by atoms with Gasteiger partial charge in [-0.3, -0.25) is 4.79 Å². The van der Waals surface area contributed by atoms with E-state index < -0.39 is 11.5 Å². The lowest BCUT2D eigenvalue weighted by Crippen LogP contribution is -2.43. The van der Waals surface area contributed by atoms with Crippen molar-refractivity contribution in [1.82, 2.24) is 5.43 Å². The van der Waals surface area contributed by atoms with Gasteiger partial charge in [-0.15, -0.1) is 0 Å². The molecule has 37 heavy (non-hydrogen) atoms. The van der Waals surface area contributed by atoms with Gasteiger partial charge >= 0.3 is 0 Å². The number of ether oxygens (including phenoxy) is 2. The normalized spacial score (nSPS) is 11.3. The Morgan fingerprint density at radius 1 is 0.892 bits per heavy atom. The van der Waals surface area contributed by atoms with Crippen LogP contribution in [0.4, 0.5) is 0 Å². The van der Waals surface area contributed by atoms with Crippen LogP contribution in [0, 0.1) is 0 Å². The van der Waals surface area contributed by atoms with Crippen molar-refractivity contribution in [2.24, 2.45) is 5.10 Å². The second-order valence-corrected chi connectivity index (χ2v) is 9.02. The van der Waals surface area contributed by atoms with Gasteiger partial charge < -0.3 is 14.6 Å². The predicted molar refractivity (Wildman–Crippen MR) is 148 cm³/mol. The van der Waals surface area contributed by atoms with E-state index in [4.69, 9.17) is 9.47 Å². The minimum Gasteiger partial charge on any atom is -0.490 e. The first kappa shape index (κ1) is 26.1. The highest BCUT2D eigenvalue weighted by Crippen LogP contribution is 2.34. The number of carbonyl (C=O) groups is 1. The van der Waals surface area contributed by atoms with Crippen LogP contribution in [0.2, 0.25) is 0 Å². The largest absolute Gasteiger partial charge is 0.490 e. The number of halogens is 1. The van der Waals surface area contributed by atoms with Gasteiger partial charge in [-0.05, 0) is 51.7 Å². The van der Waals surface area contributed by atoms with Gasteiger partial charge in [-0.25, -0.2) is 5.43 Å². The Morgan fingerprint density at radius 3 is 2.00 bits per heavy atom. The van der Waals surface area contributed by atoms with Crippen LogP contribution in [0.25, 0.3) is 0 Å². The molecule has 0 aliphatic carbocycles. The number of hydrogen-bond acceptors (Lipinski definition) is 5. The van der Waals surface area contributed by atoms with Gasteiger partial charge in [0.1, 0.15) is 6.61 Å². The van der Waals surface area contributed by atoms with Crippen LogP contribution in [0.5, 0.6) is 11.5 Å². The topological polar surface area (TPSA) is 80.2 Å². The molecule has 4 aromatic carbocycles. The third-order valence-electron chi connectivity index (χ3n) is 5.68. The molecule has 0 bridgehead atoms. The minimum absolute atomic E-state index is 0.397. The number of benzene rings is 4. The summed E-state index contributed by atoms with van der Waals surface area (Å²) in [5.74, 6) is 0.464. The van der Waals surface area contributed by atoms with Crippen molar-refractivity contribution in [1.29, 1.82) is 0 Å². The second-order valence-electron chi connectivity index (χ2n) is 8.17. The molecule has 0 heterocycles. The summed E-state index contributed by atoms with van der Waals surface area (Å²) < 4.78 is 12.5. The summed E-state index contributed by atoms with van der Waals surface area (Å²) in [6.07, 6.45) is 1.49. The third-order valence-corrected chi connectivity index (χ3v) is 6.37. The Bertz CT molecular complexity index is 1310. The maximum Gasteiger partial charge on any atom is 0.281 e. The lowest BCUT2D eigenvalue weighted by atomic mass is 9.85. The van der Waals surface area contributed by atoms with Crippen LogP contribution in [0.1, 0.15) is 29.2 Å². The molecule has 188 valence electrons. The van der Waals surface area contributed by atoms with Crippen LogP contribution < -0.4 is 14.9 Å². The lowest BCUT2D eigenvalue weighted by Gasteiger charge is -2.27. The van der Waals surface area contributed by atoms with E-state index in [1.54, 1.807) is 60.7 Å². The quantitative estimate of drug-likeness (QED) is 0.190.